The topological polar surface area (TPSA) is 84.4 Å². The molecule has 0 saturated heterocycles. The SMILES string of the molecule is CN(CCO)C(=O)Cn1cc(N)cn1. The molecule has 14 heavy (non-hydrogen) atoms. The van der Waals surface area contributed by atoms with E-state index in [1.165, 1.54) is 15.8 Å². The molecule has 0 aliphatic rings. The average Bonchev–Trinajstić information content (AvgIpc) is 2.51. The lowest BCUT2D eigenvalue weighted by Gasteiger charge is -2.15. The zero-order valence-electron chi connectivity index (χ0n) is 8.05. The van der Waals surface area contributed by atoms with E-state index in [2.05, 4.69) is 5.10 Å². The van der Waals surface area contributed by atoms with E-state index >= 15 is 0 Å². The van der Waals surface area contributed by atoms with E-state index in [4.69, 9.17) is 10.8 Å². The lowest BCUT2D eigenvalue weighted by Crippen LogP contribution is -2.32. The monoisotopic (exact) mass is 198 g/mol. The van der Waals surface area contributed by atoms with Gasteiger partial charge in [0.25, 0.3) is 0 Å². The van der Waals surface area contributed by atoms with Gasteiger partial charge in [0.05, 0.1) is 18.5 Å². The van der Waals surface area contributed by atoms with Crippen LogP contribution in [0.2, 0.25) is 0 Å². The summed E-state index contributed by atoms with van der Waals surface area (Å²) >= 11 is 0. The molecule has 78 valence electrons. The van der Waals surface area contributed by atoms with Crippen LogP contribution in [-0.2, 0) is 11.3 Å². The molecule has 6 nitrogen and oxygen atoms in total. The number of amides is 1. The van der Waals surface area contributed by atoms with Crippen LogP contribution in [0.25, 0.3) is 0 Å². The Balaban J connectivity index is 2.48. The predicted octanol–water partition coefficient (Wildman–Crippen LogP) is -1.08. The van der Waals surface area contributed by atoms with Crippen molar-refractivity contribution in [2.75, 3.05) is 25.9 Å². The summed E-state index contributed by atoms with van der Waals surface area (Å²) in [7, 11) is 1.63. The van der Waals surface area contributed by atoms with Gasteiger partial charge < -0.3 is 15.7 Å². The number of carbonyl (C=O) groups excluding carboxylic acids is 1. The van der Waals surface area contributed by atoms with Crippen molar-refractivity contribution in [1.29, 1.82) is 0 Å². The standard InChI is InChI=1S/C8H14N4O2/c1-11(2-3-13)8(14)6-12-5-7(9)4-10-12/h4-5,13H,2-3,6,9H2,1H3. The van der Waals surface area contributed by atoms with Crippen LogP contribution in [0.3, 0.4) is 0 Å². The van der Waals surface area contributed by atoms with Gasteiger partial charge in [-0.3, -0.25) is 9.48 Å². The molecule has 6 heteroatoms. The van der Waals surface area contributed by atoms with E-state index < -0.39 is 0 Å². The van der Waals surface area contributed by atoms with Gasteiger partial charge in [0, 0.05) is 19.8 Å². The Hall–Kier alpha value is -1.56. The maximum Gasteiger partial charge on any atom is 0.244 e. The van der Waals surface area contributed by atoms with Crippen molar-refractivity contribution in [2.24, 2.45) is 0 Å². The maximum atomic E-state index is 11.4. The summed E-state index contributed by atoms with van der Waals surface area (Å²) in [6, 6.07) is 0. The Morgan fingerprint density at radius 3 is 3.00 bits per heavy atom. The molecule has 0 fully saturated rings. The molecule has 1 aromatic heterocycles. The third kappa shape index (κ3) is 2.74. The summed E-state index contributed by atoms with van der Waals surface area (Å²) in [6.45, 7) is 0.437. The smallest absolute Gasteiger partial charge is 0.244 e. The van der Waals surface area contributed by atoms with Crippen LogP contribution in [0, 0.1) is 0 Å². The molecule has 1 rings (SSSR count). The van der Waals surface area contributed by atoms with Crippen molar-refractivity contribution in [2.45, 2.75) is 6.54 Å². The number of carbonyl (C=O) groups is 1. The number of aromatic nitrogens is 2. The van der Waals surface area contributed by atoms with E-state index in [0.29, 0.717) is 12.2 Å². The van der Waals surface area contributed by atoms with Gasteiger partial charge in [-0.05, 0) is 0 Å². The van der Waals surface area contributed by atoms with Gasteiger partial charge in [0.1, 0.15) is 6.54 Å². The Morgan fingerprint density at radius 1 is 1.79 bits per heavy atom. The van der Waals surface area contributed by atoms with Crippen molar-refractivity contribution < 1.29 is 9.90 Å². The minimum Gasteiger partial charge on any atom is -0.396 e. The molecule has 0 aliphatic heterocycles. The molecule has 1 heterocycles. The molecular weight excluding hydrogens is 184 g/mol. The third-order valence-electron chi connectivity index (χ3n) is 1.81. The molecule has 0 saturated carbocycles. The normalized spacial score (nSPS) is 10.1. The van der Waals surface area contributed by atoms with Crippen molar-refractivity contribution in [3.05, 3.63) is 12.4 Å². The molecule has 0 atom stereocenters. The largest absolute Gasteiger partial charge is 0.396 e. The predicted molar refractivity (Wildman–Crippen MR) is 51.4 cm³/mol. The molecule has 1 aromatic rings. The maximum absolute atomic E-state index is 11.4. The van der Waals surface area contributed by atoms with Crippen LogP contribution >= 0.6 is 0 Å². The number of nitrogens with zero attached hydrogens (tertiary/aromatic N) is 3. The van der Waals surface area contributed by atoms with Crippen LogP contribution in [0.5, 0.6) is 0 Å². The minimum atomic E-state index is -0.109. The van der Waals surface area contributed by atoms with E-state index in [9.17, 15) is 4.79 Å². The van der Waals surface area contributed by atoms with Crippen molar-refractivity contribution >= 4 is 11.6 Å². The molecule has 0 aliphatic carbocycles. The van der Waals surface area contributed by atoms with E-state index in [1.807, 2.05) is 0 Å². The summed E-state index contributed by atoms with van der Waals surface area (Å²) in [5.74, 6) is -0.109. The van der Waals surface area contributed by atoms with Gasteiger partial charge >= 0.3 is 0 Å². The number of aliphatic hydroxyl groups excluding tert-OH is 1. The first-order chi connectivity index (χ1) is 6.63. The number of anilines is 1. The highest BCUT2D eigenvalue weighted by atomic mass is 16.3. The zero-order valence-corrected chi connectivity index (χ0v) is 8.05. The summed E-state index contributed by atoms with van der Waals surface area (Å²) < 4.78 is 1.46. The fourth-order valence-electron chi connectivity index (χ4n) is 1.00. The zero-order chi connectivity index (χ0) is 10.6. The highest BCUT2D eigenvalue weighted by Crippen LogP contribution is 1.98. The molecule has 0 unspecified atom stereocenters. The van der Waals surface area contributed by atoms with E-state index in [0.717, 1.165) is 0 Å². The first kappa shape index (κ1) is 10.5. The lowest BCUT2D eigenvalue weighted by atomic mass is 10.5. The molecule has 1 amide bonds. The molecular formula is C8H14N4O2. The quantitative estimate of drug-likeness (QED) is 0.644. The molecule has 0 aromatic carbocycles. The number of hydrogen-bond donors (Lipinski definition) is 2. The number of rotatable bonds is 4. The van der Waals surface area contributed by atoms with E-state index in [-0.39, 0.29) is 19.1 Å². The molecule has 0 radical (unpaired) electrons. The Labute approximate surface area is 81.9 Å². The van der Waals surface area contributed by atoms with Crippen molar-refractivity contribution in [3.8, 4) is 0 Å². The number of nitrogen functional groups attached to an aromatic ring is 1. The van der Waals surface area contributed by atoms with Gasteiger partial charge in [-0.1, -0.05) is 0 Å². The second-order valence-electron chi connectivity index (χ2n) is 3.01. The fourth-order valence-corrected chi connectivity index (χ4v) is 1.00. The van der Waals surface area contributed by atoms with Crippen molar-refractivity contribution in [1.82, 2.24) is 14.7 Å². The number of nitrogens with two attached hydrogens (primary N) is 1. The molecule has 3 N–H and O–H groups in total. The highest BCUT2D eigenvalue weighted by Gasteiger charge is 2.08. The number of aliphatic hydroxyl groups is 1. The summed E-state index contributed by atoms with van der Waals surface area (Å²) in [5.41, 5.74) is 5.97. The van der Waals surface area contributed by atoms with Gasteiger partial charge in [-0.2, -0.15) is 5.10 Å². The van der Waals surface area contributed by atoms with Gasteiger partial charge in [-0.25, -0.2) is 0 Å². The van der Waals surface area contributed by atoms with Crippen LogP contribution in [0.1, 0.15) is 0 Å². The summed E-state index contributed by atoms with van der Waals surface area (Å²) in [4.78, 5) is 12.9. The Kier molecular flexibility index (Phi) is 3.47. The van der Waals surface area contributed by atoms with E-state index in [1.54, 1.807) is 13.2 Å². The van der Waals surface area contributed by atoms with Gasteiger partial charge in [0.15, 0.2) is 0 Å². The Morgan fingerprint density at radius 2 is 2.50 bits per heavy atom. The fraction of sp³-hybridized carbons (Fsp3) is 0.500. The molecule has 0 bridgehead atoms. The molecule has 0 spiro atoms. The van der Waals surface area contributed by atoms with Gasteiger partial charge in [0.2, 0.25) is 5.91 Å². The Bertz CT molecular complexity index is 310. The first-order valence-electron chi connectivity index (χ1n) is 4.26. The second-order valence-corrected chi connectivity index (χ2v) is 3.01. The van der Waals surface area contributed by atoms with Crippen LogP contribution in [0.4, 0.5) is 5.69 Å². The highest BCUT2D eigenvalue weighted by molar-refractivity contribution is 5.75. The minimum absolute atomic E-state index is 0.0382. The number of hydrogen-bond acceptors (Lipinski definition) is 4. The second kappa shape index (κ2) is 4.61. The first-order valence-corrected chi connectivity index (χ1v) is 4.26. The summed E-state index contributed by atoms with van der Waals surface area (Å²) in [5, 5.41) is 12.5. The van der Waals surface area contributed by atoms with Gasteiger partial charge in [-0.15, -0.1) is 0 Å². The number of likely N-dealkylation sites (N-methyl/N-ethyl adjacent to an activating group) is 1. The average molecular weight is 198 g/mol. The lowest BCUT2D eigenvalue weighted by molar-refractivity contribution is -0.131. The van der Waals surface area contributed by atoms with Crippen LogP contribution in [-0.4, -0.2) is 45.9 Å². The van der Waals surface area contributed by atoms with Crippen molar-refractivity contribution in [3.63, 3.8) is 0 Å². The van der Waals surface area contributed by atoms with Crippen LogP contribution in [0.15, 0.2) is 12.4 Å². The van der Waals surface area contributed by atoms with Crippen LogP contribution < -0.4 is 5.73 Å². The summed E-state index contributed by atoms with van der Waals surface area (Å²) in [6.07, 6.45) is 3.07. The third-order valence-corrected chi connectivity index (χ3v) is 1.81.